The number of Topliss-reactive ketones (excluding diaryl/α,β-unsaturated/α-hetero) is 1. The van der Waals surface area contributed by atoms with Crippen molar-refractivity contribution in [1.82, 2.24) is 0 Å². The summed E-state index contributed by atoms with van der Waals surface area (Å²) in [6.45, 7) is 7.60. The first-order valence-corrected chi connectivity index (χ1v) is 11.4. The molecule has 1 heterocycles. The van der Waals surface area contributed by atoms with Crippen LogP contribution in [-0.2, 0) is 9.59 Å². The molecule has 1 aliphatic heterocycles. The number of ether oxygens (including phenoxy) is 2. The summed E-state index contributed by atoms with van der Waals surface area (Å²) < 4.78 is 11.0. The van der Waals surface area contributed by atoms with Crippen molar-refractivity contribution >= 4 is 23.1 Å². The van der Waals surface area contributed by atoms with Crippen LogP contribution >= 0.6 is 0 Å². The van der Waals surface area contributed by atoms with Gasteiger partial charge in [0.2, 0.25) is 0 Å². The molecule has 0 spiro atoms. The zero-order valence-electron chi connectivity index (χ0n) is 20.8. The summed E-state index contributed by atoms with van der Waals surface area (Å²) >= 11 is 0. The molecule has 0 saturated carbocycles. The molecule has 6 heteroatoms. The molecular formula is C29H29NO5. The van der Waals surface area contributed by atoms with Crippen LogP contribution in [0.15, 0.2) is 60.2 Å². The van der Waals surface area contributed by atoms with E-state index in [9.17, 15) is 14.7 Å². The molecule has 0 aromatic heterocycles. The van der Waals surface area contributed by atoms with E-state index in [0.29, 0.717) is 28.3 Å². The van der Waals surface area contributed by atoms with Crippen molar-refractivity contribution in [3.63, 3.8) is 0 Å². The number of aliphatic hydroxyl groups excluding tert-OH is 1. The van der Waals surface area contributed by atoms with Crippen LogP contribution in [0.2, 0.25) is 0 Å². The third kappa shape index (κ3) is 4.16. The fraction of sp³-hybridized carbons (Fsp3) is 0.241. The monoisotopic (exact) mass is 471 g/mol. The van der Waals surface area contributed by atoms with E-state index in [1.165, 1.54) is 12.0 Å². The molecule has 0 radical (unpaired) electrons. The Morgan fingerprint density at radius 3 is 2.29 bits per heavy atom. The first-order valence-electron chi connectivity index (χ1n) is 11.4. The molecule has 4 rings (SSSR count). The van der Waals surface area contributed by atoms with Crippen LogP contribution in [0.4, 0.5) is 5.69 Å². The van der Waals surface area contributed by atoms with Crippen molar-refractivity contribution in [2.45, 2.75) is 33.7 Å². The third-order valence-electron chi connectivity index (χ3n) is 6.36. The molecule has 1 saturated heterocycles. The number of ketones is 1. The normalized spacial score (nSPS) is 17.1. The number of carbonyl (C=O) groups excluding carboxylic acids is 2. The molecule has 35 heavy (non-hydrogen) atoms. The van der Waals surface area contributed by atoms with Gasteiger partial charge in [-0.2, -0.15) is 0 Å². The van der Waals surface area contributed by atoms with Gasteiger partial charge in [-0.15, -0.1) is 0 Å². The predicted molar refractivity (Wildman–Crippen MR) is 136 cm³/mol. The fourth-order valence-electron chi connectivity index (χ4n) is 4.73. The summed E-state index contributed by atoms with van der Waals surface area (Å²) in [7, 11) is 3.07. The van der Waals surface area contributed by atoms with Crippen LogP contribution in [0.5, 0.6) is 11.5 Å². The van der Waals surface area contributed by atoms with E-state index in [1.54, 1.807) is 31.4 Å². The topological polar surface area (TPSA) is 76.1 Å². The first-order chi connectivity index (χ1) is 16.7. The molecule has 1 fully saturated rings. The lowest BCUT2D eigenvalue weighted by Gasteiger charge is -2.27. The number of aryl methyl sites for hydroxylation is 4. The Bertz CT molecular complexity index is 1370. The molecule has 3 aromatic rings. The van der Waals surface area contributed by atoms with E-state index in [2.05, 4.69) is 0 Å². The van der Waals surface area contributed by atoms with Gasteiger partial charge in [-0.1, -0.05) is 30.3 Å². The number of carbonyl (C=O) groups is 2. The van der Waals surface area contributed by atoms with Crippen LogP contribution in [-0.4, -0.2) is 31.0 Å². The van der Waals surface area contributed by atoms with Crippen molar-refractivity contribution in [2.24, 2.45) is 0 Å². The Morgan fingerprint density at radius 1 is 0.857 bits per heavy atom. The highest BCUT2D eigenvalue weighted by molar-refractivity contribution is 6.51. The number of methoxy groups -OCH3 is 2. The second kappa shape index (κ2) is 9.29. The number of nitrogens with zero attached hydrogens (tertiary/aromatic N) is 1. The number of benzene rings is 3. The molecule has 1 unspecified atom stereocenters. The van der Waals surface area contributed by atoms with E-state index in [4.69, 9.17) is 9.47 Å². The van der Waals surface area contributed by atoms with Gasteiger partial charge < -0.3 is 14.6 Å². The smallest absolute Gasteiger partial charge is 0.300 e. The number of hydrogen-bond acceptors (Lipinski definition) is 5. The van der Waals surface area contributed by atoms with E-state index < -0.39 is 17.7 Å². The first kappa shape index (κ1) is 24.1. The second-order valence-electron chi connectivity index (χ2n) is 8.90. The van der Waals surface area contributed by atoms with Crippen LogP contribution in [0.3, 0.4) is 0 Å². The highest BCUT2D eigenvalue weighted by atomic mass is 16.5. The van der Waals surface area contributed by atoms with E-state index in [1.807, 2.05) is 58.0 Å². The Labute approximate surface area is 205 Å². The number of hydrogen-bond donors (Lipinski definition) is 1. The van der Waals surface area contributed by atoms with Crippen molar-refractivity contribution in [1.29, 1.82) is 0 Å². The maximum absolute atomic E-state index is 13.5. The van der Waals surface area contributed by atoms with E-state index in [-0.39, 0.29) is 11.3 Å². The molecule has 1 aliphatic rings. The second-order valence-corrected chi connectivity index (χ2v) is 8.90. The summed E-state index contributed by atoms with van der Waals surface area (Å²) in [6, 6.07) is 15.8. The average molecular weight is 472 g/mol. The zero-order chi connectivity index (χ0) is 25.4. The molecule has 1 N–H and O–H groups in total. The molecule has 0 bridgehead atoms. The minimum Gasteiger partial charge on any atom is -0.507 e. The van der Waals surface area contributed by atoms with Gasteiger partial charge in [-0.3, -0.25) is 14.5 Å². The Kier molecular flexibility index (Phi) is 6.39. The molecule has 3 aromatic carbocycles. The van der Waals surface area contributed by atoms with Crippen LogP contribution in [0.25, 0.3) is 5.76 Å². The lowest BCUT2D eigenvalue weighted by atomic mass is 9.93. The van der Waals surface area contributed by atoms with Gasteiger partial charge in [0, 0.05) is 5.69 Å². The number of amides is 1. The summed E-state index contributed by atoms with van der Waals surface area (Å²) in [6.07, 6.45) is 0. The molecule has 180 valence electrons. The van der Waals surface area contributed by atoms with E-state index in [0.717, 1.165) is 22.3 Å². The van der Waals surface area contributed by atoms with Crippen LogP contribution in [0.1, 0.15) is 39.4 Å². The summed E-state index contributed by atoms with van der Waals surface area (Å²) in [4.78, 5) is 28.5. The zero-order valence-corrected chi connectivity index (χ0v) is 20.8. The lowest BCUT2D eigenvalue weighted by Crippen LogP contribution is -2.30. The van der Waals surface area contributed by atoms with Gasteiger partial charge >= 0.3 is 0 Å². The maximum Gasteiger partial charge on any atom is 0.300 e. The molecule has 1 amide bonds. The predicted octanol–water partition coefficient (Wildman–Crippen LogP) is 5.56. The van der Waals surface area contributed by atoms with Crippen molar-refractivity contribution in [3.8, 4) is 11.5 Å². The highest BCUT2D eigenvalue weighted by Crippen LogP contribution is 2.45. The Hall–Kier alpha value is -4.06. The van der Waals surface area contributed by atoms with E-state index >= 15 is 0 Å². The van der Waals surface area contributed by atoms with Crippen molar-refractivity contribution < 1.29 is 24.2 Å². The molecule has 1 atom stereocenters. The minimum absolute atomic E-state index is 0.00691. The quantitative estimate of drug-likeness (QED) is 0.299. The molecule has 0 aliphatic carbocycles. The van der Waals surface area contributed by atoms with Crippen LogP contribution in [0, 0.1) is 27.7 Å². The lowest BCUT2D eigenvalue weighted by molar-refractivity contribution is -0.132. The average Bonchev–Trinajstić information content (AvgIpc) is 3.10. The Balaban J connectivity index is 2.05. The Morgan fingerprint density at radius 2 is 1.60 bits per heavy atom. The van der Waals surface area contributed by atoms with Gasteiger partial charge in [-0.05, 0) is 79.8 Å². The number of rotatable bonds is 5. The van der Waals surface area contributed by atoms with Gasteiger partial charge in [0.05, 0.1) is 31.4 Å². The number of aliphatic hydroxyl groups is 1. The van der Waals surface area contributed by atoms with Gasteiger partial charge in [0.1, 0.15) is 17.3 Å². The fourth-order valence-corrected chi connectivity index (χ4v) is 4.73. The van der Waals surface area contributed by atoms with Crippen molar-refractivity contribution in [3.05, 3.63) is 93.6 Å². The molecule has 6 nitrogen and oxygen atoms in total. The highest BCUT2D eigenvalue weighted by Gasteiger charge is 2.47. The van der Waals surface area contributed by atoms with Gasteiger partial charge in [0.25, 0.3) is 11.7 Å². The third-order valence-corrected chi connectivity index (χ3v) is 6.36. The largest absolute Gasteiger partial charge is 0.507 e. The maximum atomic E-state index is 13.5. The standard InChI is InChI=1S/C29H29NO5/c1-16-10-11-18(3)23(14-16)30-25(20-8-7-9-21(15-20)34-5)24(27(32)29(30)33)26(31)22-13-17(2)12-19(4)28(22)35-6/h7-15,25,31H,1-6H3/b26-24+. The van der Waals surface area contributed by atoms with Crippen LogP contribution < -0.4 is 14.4 Å². The summed E-state index contributed by atoms with van der Waals surface area (Å²) in [5, 5.41) is 11.6. The molecular weight excluding hydrogens is 442 g/mol. The minimum atomic E-state index is -0.851. The van der Waals surface area contributed by atoms with Crippen molar-refractivity contribution in [2.75, 3.05) is 19.1 Å². The summed E-state index contributed by atoms with van der Waals surface area (Å²) in [5.41, 5.74) is 5.15. The van der Waals surface area contributed by atoms with Gasteiger partial charge in [0.15, 0.2) is 0 Å². The SMILES string of the molecule is COc1cccc(C2/C(=C(\O)c3cc(C)cc(C)c3OC)C(=O)C(=O)N2c2cc(C)ccc2C)c1. The van der Waals surface area contributed by atoms with Gasteiger partial charge in [-0.25, -0.2) is 0 Å². The number of anilines is 1. The summed E-state index contributed by atoms with van der Waals surface area (Å²) in [5.74, 6) is -0.685.